The molecule has 2 heterocycles. The molecule has 0 aromatic heterocycles. The van der Waals surface area contributed by atoms with Crippen molar-refractivity contribution in [2.45, 2.75) is 38.1 Å². The Hall–Kier alpha value is -2.16. The standard InChI is InChI=1S/C18H25N3O5S/c1-18(8-11-27(25,26)13-18)19(2)17(22)14-6-7-15(16(12-14)21(23)24)20-9-4-3-5-10-20/h6-7,12H,3-5,8-11,13H2,1-2H3/t18-/m0/s1. The lowest BCUT2D eigenvalue weighted by atomic mass is 9.98. The molecule has 0 bridgehead atoms. The Morgan fingerprint density at radius 1 is 1.26 bits per heavy atom. The van der Waals surface area contributed by atoms with E-state index < -0.39 is 26.2 Å². The summed E-state index contributed by atoms with van der Waals surface area (Å²) in [4.78, 5) is 27.4. The molecule has 0 unspecified atom stereocenters. The maximum absolute atomic E-state index is 12.9. The first-order chi connectivity index (χ1) is 12.6. The average Bonchev–Trinajstić information content (AvgIpc) is 2.94. The number of benzene rings is 1. The highest BCUT2D eigenvalue weighted by Gasteiger charge is 2.43. The molecule has 1 amide bonds. The smallest absolute Gasteiger partial charge is 0.293 e. The topological polar surface area (TPSA) is 101 Å². The van der Waals surface area contributed by atoms with Gasteiger partial charge >= 0.3 is 0 Å². The fourth-order valence-corrected chi connectivity index (χ4v) is 6.08. The first-order valence-corrected chi connectivity index (χ1v) is 11.0. The van der Waals surface area contributed by atoms with E-state index in [4.69, 9.17) is 0 Å². The molecule has 0 radical (unpaired) electrons. The summed E-state index contributed by atoms with van der Waals surface area (Å²) in [6.07, 6.45) is 3.47. The quantitative estimate of drug-likeness (QED) is 0.572. The minimum Gasteiger partial charge on any atom is -0.366 e. The largest absolute Gasteiger partial charge is 0.366 e. The number of amides is 1. The van der Waals surface area contributed by atoms with Crippen LogP contribution in [-0.4, -0.2) is 61.3 Å². The highest BCUT2D eigenvalue weighted by Crippen LogP contribution is 2.33. The van der Waals surface area contributed by atoms with Gasteiger partial charge in [0.1, 0.15) is 5.69 Å². The van der Waals surface area contributed by atoms with Gasteiger partial charge in [-0.25, -0.2) is 8.42 Å². The van der Waals surface area contributed by atoms with Crippen LogP contribution in [-0.2, 0) is 9.84 Å². The zero-order valence-electron chi connectivity index (χ0n) is 15.7. The molecule has 148 valence electrons. The Labute approximate surface area is 159 Å². The van der Waals surface area contributed by atoms with Gasteiger partial charge in [-0.2, -0.15) is 0 Å². The van der Waals surface area contributed by atoms with Crippen molar-refractivity contribution in [3.8, 4) is 0 Å². The van der Waals surface area contributed by atoms with Crippen molar-refractivity contribution in [2.75, 3.05) is 36.5 Å². The van der Waals surface area contributed by atoms with Gasteiger partial charge in [0, 0.05) is 31.8 Å². The van der Waals surface area contributed by atoms with Crippen LogP contribution < -0.4 is 4.90 Å². The maximum Gasteiger partial charge on any atom is 0.293 e. The molecule has 2 aliphatic rings. The summed E-state index contributed by atoms with van der Waals surface area (Å²) in [6.45, 7) is 3.28. The number of hydrogen-bond donors (Lipinski definition) is 0. The normalized spacial score (nSPS) is 24.6. The predicted octanol–water partition coefficient (Wildman–Crippen LogP) is 2.23. The van der Waals surface area contributed by atoms with Crippen molar-refractivity contribution in [2.24, 2.45) is 0 Å². The Balaban J connectivity index is 1.89. The Morgan fingerprint density at radius 3 is 2.48 bits per heavy atom. The van der Waals surface area contributed by atoms with Crippen molar-refractivity contribution >= 4 is 27.1 Å². The number of carbonyl (C=O) groups excluding carboxylic acids is 1. The number of carbonyl (C=O) groups is 1. The molecule has 0 spiro atoms. The monoisotopic (exact) mass is 395 g/mol. The average molecular weight is 395 g/mol. The molecule has 27 heavy (non-hydrogen) atoms. The second kappa shape index (κ2) is 7.10. The zero-order valence-corrected chi connectivity index (χ0v) is 16.5. The van der Waals surface area contributed by atoms with Gasteiger partial charge < -0.3 is 9.80 Å². The molecular weight excluding hydrogens is 370 g/mol. The Bertz CT molecular complexity index is 864. The van der Waals surface area contributed by atoms with Crippen LogP contribution in [0.1, 0.15) is 43.0 Å². The van der Waals surface area contributed by atoms with E-state index in [0.717, 1.165) is 32.4 Å². The lowest BCUT2D eigenvalue weighted by Crippen LogP contribution is -2.48. The molecule has 0 aliphatic carbocycles. The number of nitro benzene ring substituents is 1. The number of sulfone groups is 1. The van der Waals surface area contributed by atoms with Crippen LogP contribution in [0.5, 0.6) is 0 Å². The van der Waals surface area contributed by atoms with Gasteiger partial charge in [0.05, 0.1) is 22.0 Å². The number of hydrogen-bond acceptors (Lipinski definition) is 6. The zero-order chi connectivity index (χ0) is 19.8. The van der Waals surface area contributed by atoms with Gasteiger partial charge in [-0.05, 0) is 44.7 Å². The number of nitrogens with zero attached hydrogens (tertiary/aromatic N) is 3. The molecule has 8 nitrogen and oxygen atoms in total. The van der Waals surface area contributed by atoms with Crippen LogP contribution in [0.4, 0.5) is 11.4 Å². The lowest BCUT2D eigenvalue weighted by Gasteiger charge is -2.34. The number of nitro groups is 1. The molecule has 2 saturated heterocycles. The minimum absolute atomic E-state index is 0.0508. The maximum atomic E-state index is 12.9. The van der Waals surface area contributed by atoms with E-state index in [1.165, 1.54) is 11.0 Å². The van der Waals surface area contributed by atoms with Gasteiger partial charge in [-0.1, -0.05) is 0 Å². The summed E-state index contributed by atoms with van der Waals surface area (Å²) >= 11 is 0. The van der Waals surface area contributed by atoms with Gasteiger partial charge in [0.25, 0.3) is 11.6 Å². The number of piperidine rings is 1. The van der Waals surface area contributed by atoms with E-state index in [-0.39, 0.29) is 22.8 Å². The summed E-state index contributed by atoms with van der Waals surface area (Å²) in [6, 6.07) is 4.55. The van der Waals surface area contributed by atoms with Crippen LogP contribution in [0.15, 0.2) is 18.2 Å². The fraction of sp³-hybridized carbons (Fsp3) is 0.611. The molecule has 1 atom stereocenters. The second-order valence-electron chi connectivity index (χ2n) is 7.71. The summed E-state index contributed by atoms with van der Waals surface area (Å²) in [5, 5.41) is 11.6. The van der Waals surface area contributed by atoms with E-state index in [1.54, 1.807) is 26.1 Å². The second-order valence-corrected chi connectivity index (χ2v) is 9.90. The number of anilines is 1. The summed E-state index contributed by atoms with van der Waals surface area (Å²) in [5.74, 6) is -0.436. The molecule has 2 aliphatic heterocycles. The third-order valence-electron chi connectivity index (χ3n) is 5.71. The highest BCUT2D eigenvalue weighted by molar-refractivity contribution is 7.91. The lowest BCUT2D eigenvalue weighted by molar-refractivity contribution is -0.384. The van der Waals surface area contributed by atoms with Gasteiger partial charge in [-0.15, -0.1) is 0 Å². The van der Waals surface area contributed by atoms with E-state index in [2.05, 4.69) is 0 Å². The van der Waals surface area contributed by atoms with Gasteiger partial charge in [0.2, 0.25) is 0 Å². The Kier molecular flexibility index (Phi) is 5.16. The van der Waals surface area contributed by atoms with Crippen molar-refractivity contribution < 1.29 is 18.1 Å². The van der Waals surface area contributed by atoms with Crippen LogP contribution in [0.2, 0.25) is 0 Å². The van der Waals surface area contributed by atoms with E-state index in [9.17, 15) is 23.3 Å². The first kappa shape index (κ1) is 19.6. The molecule has 2 fully saturated rings. The first-order valence-electron chi connectivity index (χ1n) is 9.15. The van der Waals surface area contributed by atoms with Crippen molar-refractivity contribution in [1.82, 2.24) is 4.90 Å². The van der Waals surface area contributed by atoms with Crippen molar-refractivity contribution in [3.05, 3.63) is 33.9 Å². The van der Waals surface area contributed by atoms with Crippen LogP contribution in [0, 0.1) is 10.1 Å². The van der Waals surface area contributed by atoms with Crippen LogP contribution in [0.3, 0.4) is 0 Å². The minimum atomic E-state index is -3.17. The number of rotatable bonds is 4. The third kappa shape index (κ3) is 3.92. The van der Waals surface area contributed by atoms with Gasteiger partial charge in [-0.3, -0.25) is 14.9 Å². The molecule has 1 aromatic rings. The van der Waals surface area contributed by atoms with Crippen molar-refractivity contribution in [3.63, 3.8) is 0 Å². The van der Waals surface area contributed by atoms with Gasteiger partial charge in [0.15, 0.2) is 9.84 Å². The van der Waals surface area contributed by atoms with E-state index in [1.807, 2.05) is 4.90 Å². The summed E-state index contributed by atoms with van der Waals surface area (Å²) in [7, 11) is -1.60. The SMILES string of the molecule is CN(C(=O)c1ccc(N2CCCCC2)c([N+](=O)[O-])c1)[C@@]1(C)CCS(=O)(=O)C1. The van der Waals surface area contributed by atoms with E-state index >= 15 is 0 Å². The highest BCUT2D eigenvalue weighted by atomic mass is 32.2. The molecular formula is C18H25N3O5S. The predicted molar refractivity (Wildman–Crippen MR) is 103 cm³/mol. The van der Waals surface area contributed by atoms with Crippen LogP contribution >= 0.6 is 0 Å². The fourth-order valence-electron chi connectivity index (χ4n) is 3.90. The summed E-state index contributed by atoms with van der Waals surface area (Å²) < 4.78 is 23.7. The Morgan fingerprint density at radius 2 is 1.93 bits per heavy atom. The third-order valence-corrected chi connectivity index (χ3v) is 7.60. The van der Waals surface area contributed by atoms with E-state index in [0.29, 0.717) is 12.1 Å². The van der Waals surface area contributed by atoms with Crippen molar-refractivity contribution in [1.29, 1.82) is 0 Å². The molecule has 9 heteroatoms. The molecule has 0 N–H and O–H groups in total. The molecule has 3 rings (SSSR count). The summed E-state index contributed by atoms with van der Waals surface area (Å²) in [5.41, 5.74) is -0.139. The molecule has 0 saturated carbocycles. The molecule has 1 aromatic carbocycles. The van der Waals surface area contributed by atoms with Crippen LogP contribution in [0.25, 0.3) is 0 Å².